The minimum atomic E-state index is -0.362. The normalized spacial score (nSPS) is 14.9. The second-order valence-corrected chi connectivity index (χ2v) is 51.1. The topological polar surface area (TPSA) is 56.6 Å². The third-order valence-electron chi connectivity index (χ3n) is 32.8. The molecular weight excluding hydrogens is 1910 g/mol. The van der Waals surface area contributed by atoms with Crippen molar-refractivity contribution in [3.05, 3.63) is 283 Å². The lowest BCUT2D eigenvalue weighted by Gasteiger charge is -2.32. The van der Waals surface area contributed by atoms with Gasteiger partial charge in [-0.05, 0) is 372 Å². The van der Waals surface area contributed by atoms with Gasteiger partial charge in [0.25, 0.3) is 0 Å². The van der Waals surface area contributed by atoms with Crippen molar-refractivity contribution in [3.63, 3.8) is 0 Å². The molecule has 0 amide bonds. The van der Waals surface area contributed by atoms with Crippen molar-refractivity contribution in [3.8, 4) is 33.9 Å². The maximum atomic E-state index is 6.62. The molecule has 4 aromatic heterocycles. The average molecular weight is 2080 g/mol. The van der Waals surface area contributed by atoms with E-state index in [1.807, 2.05) is 0 Å². The van der Waals surface area contributed by atoms with Crippen LogP contribution in [0.3, 0.4) is 0 Å². The number of unbranched alkanes of at least 4 members (excludes halogenated alkanes) is 20. The van der Waals surface area contributed by atoms with Gasteiger partial charge in [-0.2, -0.15) is 0 Å². The van der Waals surface area contributed by atoms with E-state index in [4.69, 9.17) is 18.6 Å². The molecule has 0 saturated carbocycles. The third kappa shape index (κ3) is 24.0. The summed E-state index contributed by atoms with van der Waals surface area (Å²) in [5, 5.41) is 10.4. The monoisotopic (exact) mass is 2080 g/mol. The van der Waals surface area contributed by atoms with Crippen LogP contribution < -0.4 is 10.9 Å². The van der Waals surface area contributed by atoms with E-state index in [1.165, 1.54) is 337 Å². The highest BCUT2D eigenvalue weighted by molar-refractivity contribution is 9.10. The van der Waals surface area contributed by atoms with Crippen LogP contribution in [0.15, 0.2) is 227 Å². The van der Waals surface area contributed by atoms with Gasteiger partial charge in [0.1, 0.15) is 0 Å². The van der Waals surface area contributed by atoms with Crippen LogP contribution in [0.25, 0.3) is 121 Å². The molecule has 0 aliphatic carbocycles. The van der Waals surface area contributed by atoms with E-state index in [0.29, 0.717) is 0 Å². The molecule has 0 atom stereocenters. The third-order valence-corrected chi connectivity index (χ3v) is 33.8. The molecule has 0 N–H and O–H groups in total. The van der Waals surface area contributed by atoms with Gasteiger partial charge in [0, 0.05) is 74.8 Å². The van der Waals surface area contributed by atoms with Crippen LogP contribution in [-0.4, -0.2) is 54.9 Å². The molecule has 0 radical (unpaired) electrons. The van der Waals surface area contributed by atoms with Crippen LogP contribution in [0, 0.1) is 13.8 Å². The van der Waals surface area contributed by atoms with Crippen molar-refractivity contribution in [2.24, 2.45) is 0 Å². The van der Waals surface area contributed by atoms with E-state index in [0.717, 1.165) is 39.6 Å². The van der Waals surface area contributed by atoms with Crippen molar-refractivity contribution in [1.29, 1.82) is 0 Å². The summed E-state index contributed by atoms with van der Waals surface area (Å²) < 4.78 is 38.4. The molecule has 0 spiro atoms. The Kier molecular flexibility index (Phi) is 34.1. The number of aryl methyl sites for hydroxylation is 6. The molecule has 6 heterocycles. The summed E-state index contributed by atoms with van der Waals surface area (Å²) in [6.07, 6.45) is 35.6. The number of hydrogen-bond acceptors (Lipinski definition) is 4. The van der Waals surface area contributed by atoms with Crippen molar-refractivity contribution in [1.82, 2.24) is 18.3 Å². The fourth-order valence-corrected chi connectivity index (χ4v) is 23.0. The Balaban J connectivity index is 0.000000163. The van der Waals surface area contributed by atoms with E-state index >= 15 is 0 Å². The van der Waals surface area contributed by atoms with Crippen LogP contribution in [-0.2, 0) is 66.0 Å². The summed E-state index contributed by atoms with van der Waals surface area (Å²) in [5.74, 6) is 0. The molecule has 18 rings (SSSR count). The van der Waals surface area contributed by atoms with Gasteiger partial charge in [-0.1, -0.05) is 337 Å². The molecule has 2 aliphatic rings. The Hall–Kier alpha value is -9.23. The minimum absolute atomic E-state index is 0.0447. The lowest BCUT2D eigenvalue weighted by Crippen LogP contribution is -2.43. The summed E-state index contributed by atoms with van der Waals surface area (Å²) >= 11 is 7.43. The minimum Gasteiger partial charge on any atom is -0.399 e. The van der Waals surface area contributed by atoms with Crippen molar-refractivity contribution < 1.29 is 18.6 Å². The van der Waals surface area contributed by atoms with Crippen LogP contribution >= 0.6 is 31.9 Å². The second-order valence-electron chi connectivity index (χ2n) is 49.3. The summed E-state index contributed by atoms with van der Waals surface area (Å²) in [7, 11) is -0.702. The van der Waals surface area contributed by atoms with Crippen LogP contribution in [0.4, 0.5) is 0 Å². The molecule has 8 nitrogen and oxygen atoms in total. The zero-order valence-corrected chi connectivity index (χ0v) is 97.1. The average Bonchev–Trinajstić information content (AvgIpc) is 1.58. The lowest BCUT2D eigenvalue weighted by atomic mass is 9.67. The maximum absolute atomic E-state index is 6.62. The van der Waals surface area contributed by atoms with E-state index in [2.05, 4.69) is 449 Å². The van der Waals surface area contributed by atoms with Crippen molar-refractivity contribution in [2.75, 3.05) is 0 Å². The first-order valence-corrected chi connectivity index (χ1v) is 57.8. The molecule has 16 aromatic rings. The molecule has 146 heavy (non-hydrogen) atoms. The molecule has 2 saturated heterocycles. The second kappa shape index (κ2) is 45.5. The van der Waals surface area contributed by atoms with Gasteiger partial charge in [-0.3, -0.25) is 0 Å². The fraction of sp³-hybridized carbons (Fsp3) is 0.463. The number of hydrogen-bond donors (Lipinski definition) is 0. The van der Waals surface area contributed by atoms with Gasteiger partial charge in [0.15, 0.2) is 0 Å². The number of rotatable bonds is 35. The van der Waals surface area contributed by atoms with E-state index in [1.54, 1.807) is 0 Å². The predicted octanol–water partition coefficient (Wildman–Crippen LogP) is 38.7. The first kappa shape index (κ1) is 109. The quantitative estimate of drug-likeness (QED) is 0.0293. The molecule has 770 valence electrons. The first-order valence-electron chi connectivity index (χ1n) is 56.2. The van der Waals surface area contributed by atoms with E-state index in [-0.39, 0.29) is 58.3 Å². The summed E-state index contributed by atoms with van der Waals surface area (Å²) in [6.45, 7) is 58.5. The molecular formula is C134H170B2Br2N4O4. The fourth-order valence-electron chi connectivity index (χ4n) is 22.3. The molecule has 0 bridgehead atoms. The Morgan fingerprint density at radius 3 is 0.795 bits per heavy atom. The first-order chi connectivity index (χ1) is 69.4. The SMILES string of the molecule is CC(C)(C)c1ccc2c(c1)c1cc(Br)ccc1n2-c1ccc(-n2c3ccc(Br)cc3c3cc(C(C)(C)C)ccc32)cc1.CCCCCCCCc1cc(-c2ccc3c(c2)c2cc(C(C)(C)C)ccc2n3-c2ccc(-n3c4ccc(C)cc4c4cc(C(C)(C)C)ccc43)cc2)c(CCCCCCCC)cc1C.CCCCCCCCc1cc(B2OC(C)(C)C(C)(C)O2)c(CCCCCCCC)cc1B1OC(C)(C)C(C)(C)O1. The number of nitrogens with zero attached hydrogens (tertiary/aromatic N) is 4. The number of fused-ring (bicyclic) bond motifs is 12. The van der Waals surface area contributed by atoms with Crippen LogP contribution in [0.2, 0.25) is 0 Å². The van der Waals surface area contributed by atoms with Crippen molar-refractivity contribution in [2.45, 2.75) is 404 Å². The Bertz CT molecular complexity index is 7020. The Morgan fingerprint density at radius 2 is 0.493 bits per heavy atom. The standard InChI is InChI=1S/C62H76N2.C38H34Br2N2.C34H60B2O4/c1-11-13-15-17-19-21-23-45-39-52(46(38-44(45)4)24-22-20-18-16-14-12-2)47-26-34-58-54(40-47)56-42-49(62(8,9)10)28-36-60(56)64(58)51-31-29-50(30-32-51)63-57-33-25-43(3)37-53(57)55-41-48(61(5,6)7)27-35-59(55)63;1-37(2,3)23-7-15-33-29(19-23)31-21-25(39)9-17-35(31)41(33)27-11-13-28(14-12-27)42-34-16-8-24(38(4,5)6)20-30(34)32-22-26(40)10-18-36(32)42;1-11-13-15-17-19-21-23-27-25-30(36-39-33(7,8)34(9,10)40-36)28(24-22-20-18-16-14-12-2)26-29(27)35-37-31(3,4)32(5,6)38-35/h25-42H,11-24H2,1-10H3;7-22H,1-6H3;25-26H,11-24H2,1-10H3. The van der Waals surface area contributed by atoms with E-state index < -0.39 is 0 Å². The molecule has 2 fully saturated rings. The van der Waals surface area contributed by atoms with Gasteiger partial charge in [0.05, 0.1) is 66.5 Å². The summed E-state index contributed by atoms with van der Waals surface area (Å²) in [5.41, 5.74) is 32.5. The summed E-state index contributed by atoms with van der Waals surface area (Å²) in [6, 6.07) is 84.0. The van der Waals surface area contributed by atoms with Crippen molar-refractivity contribution >= 4 is 144 Å². The van der Waals surface area contributed by atoms with Gasteiger partial charge < -0.3 is 36.9 Å². The smallest absolute Gasteiger partial charge is 0.399 e. The van der Waals surface area contributed by atoms with Gasteiger partial charge in [-0.15, -0.1) is 0 Å². The van der Waals surface area contributed by atoms with Crippen LogP contribution in [0.1, 0.15) is 376 Å². The molecule has 2 aliphatic heterocycles. The highest BCUT2D eigenvalue weighted by Gasteiger charge is 2.55. The Labute approximate surface area is 895 Å². The maximum Gasteiger partial charge on any atom is 0.495 e. The molecule has 12 aromatic carbocycles. The zero-order valence-electron chi connectivity index (χ0n) is 93.9. The predicted molar refractivity (Wildman–Crippen MR) is 642 cm³/mol. The van der Waals surface area contributed by atoms with Crippen LogP contribution in [0.5, 0.6) is 0 Å². The largest absolute Gasteiger partial charge is 0.495 e. The van der Waals surface area contributed by atoms with E-state index in [9.17, 15) is 0 Å². The highest BCUT2D eigenvalue weighted by Crippen LogP contribution is 2.47. The highest BCUT2D eigenvalue weighted by atomic mass is 79.9. The van der Waals surface area contributed by atoms with Gasteiger partial charge >= 0.3 is 14.2 Å². The molecule has 0 unspecified atom stereocenters. The number of halogens is 2. The molecule has 12 heteroatoms. The van der Waals surface area contributed by atoms with Gasteiger partial charge in [-0.25, -0.2) is 0 Å². The number of benzene rings is 12. The zero-order chi connectivity index (χ0) is 104. The number of aromatic nitrogens is 4. The summed E-state index contributed by atoms with van der Waals surface area (Å²) in [4.78, 5) is 0. The van der Waals surface area contributed by atoms with Gasteiger partial charge in [0.2, 0.25) is 0 Å². The lowest BCUT2D eigenvalue weighted by molar-refractivity contribution is 0.00578. The Morgan fingerprint density at radius 1 is 0.247 bits per heavy atom.